The minimum absolute atomic E-state index is 0.0885. The highest BCUT2D eigenvalue weighted by Crippen LogP contribution is 2.25. The van der Waals surface area contributed by atoms with E-state index in [-0.39, 0.29) is 12.5 Å². The molecule has 1 aliphatic rings. The molecular weight excluding hydrogens is 368 g/mol. The van der Waals surface area contributed by atoms with Crippen molar-refractivity contribution in [3.8, 4) is 5.75 Å². The molecule has 0 aromatic heterocycles. The van der Waals surface area contributed by atoms with Crippen LogP contribution in [-0.4, -0.2) is 32.1 Å². The number of carbonyl (C=O) groups is 2. The second kappa shape index (κ2) is 9.56. The first-order valence-corrected chi connectivity index (χ1v) is 9.87. The zero-order valence-electron chi connectivity index (χ0n) is 17.3. The molecule has 2 aromatic carbocycles. The fourth-order valence-corrected chi connectivity index (χ4v) is 3.63. The highest BCUT2D eigenvalue weighted by atomic mass is 16.6. The van der Waals surface area contributed by atoms with E-state index >= 15 is 0 Å². The number of benzene rings is 2. The summed E-state index contributed by atoms with van der Waals surface area (Å²) in [5.74, 6) is 0.543. The van der Waals surface area contributed by atoms with E-state index in [1.807, 2.05) is 30.9 Å². The topological polar surface area (TPSA) is 67.9 Å². The largest absolute Gasteiger partial charge is 0.481 e. The Labute approximate surface area is 171 Å². The predicted molar refractivity (Wildman–Crippen MR) is 112 cm³/mol. The fourth-order valence-electron chi connectivity index (χ4n) is 3.63. The third kappa shape index (κ3) is 5.35. The van der Waals surface area contributed by atoms with Crippen LogP contribution in [0.15, 0.2) is 36.4 Å². The first-order valence-electron chi connectivity index (χ1n) is 9.87. The molecular formula is C23H28N2O4. The van der Waals surface area contributed by atoms with Gasteiger partial charge in [0.05, 0.1) is 7.11 Å². The van der Waals surface area contributed by atoms with Crippen LogP contribution in [0, 0.1) is 13.8 Å². The summed E-state index contributed by atoms with van der Waals surface area (Å²) in [6, 6.07) is 12.3. The number of amides is 1. The van der Waals surface area contributed by atoms with Crippen LogP contribution in [0.2, 0.25) is 0 Å². The van der Waals surface area contributed by atoms with Gasteiger partial charge >= 0.3 is 5.97 Å². The van der Waals surface area contributed by atoms with Gasteiger partial charge in [0.2, 0.25) is 5.91 Å². The number of esters is 1. The van der Waals surface area contributed by atoms with Gasteiger partial charge in [-0.15, -0.1) is 0 Å². The van der Waals surface area contributed by atoms with Gasteiger partial charge in [0.15, 0.2) is 6.61 Å². The van der Waals surface area contributed by atoms with Crippen LogP contribution < -0.4 is 15.0 Å². The lowest BCUT2D eigenvalue weighted by Gasteiger charge is -2.16. The highest BCUT2D eigenvalue weighted by molar-refractivity contribution is 5.95. The summed E-state index contributed by atoms with van der Waals surface area (Å²) >= 11 is 0. The van der Waals surface area contributed by atoms with Crippen LogP contribution in [0.5, 0.6) is 5.75 Å². The Kier molecular flexibility index (Phi) is 6.88. The minimum Gasteiger partial charge on any atom is -0.481 e. The molecule has 1 heterocycles. The number of aryl methyl sites for hydroxylation is 2. The summed E-state index contributed by atoms with van der Waals surface area (Å²) in [4.78, 5) is 25.0. The molecule has 1 amide bonds. The summed E-state index contributed by atoms with van der Waals surface area (Å²) in [5, 5.41) is 3.45. The van der Waals surface area contributed by atoms with Crippen molar-refractivity contribution in [3.05, 3.63) is 58.7 Å². The molecule has 6 heteroatoms. The number of methoxy groups -OCH3 is 1. The minimum atomic E-state index is -0.394. The molecule has 0 unspecified atom stereocenters. The number of nitrogens with one attached hydrogen (secondary N) is 1. The molecule has 0 saturated carbocycles. The van der Waals surface area contributed by atoms with Gasteiger partial charge in [-0.1, -0.05) is 24.3 Å². The van der Waals surface area contributed by atoms with Gasteiger partial charge in [-0.05, 0) is 54.7 Å². The van der Waals surface area contributed by atoms with Crippen LogP contribution in [-0.2, 0) is 27.4 Å². The number of nitrogens with zero attached hydrogens (tertiary/aromatic N) is 1. The Morgan fingerprint density at radius 2 is 1.72 bits per heavy atom. The molecule has 1 aliphatic heterocycles. The molecule has 6 nitrogen and oxygen atoms in total. The van der Waals surface area contributed by atoms with Crippen LogP contribution in [0.25, 0.3) is 0 Å². The number of hydrogen-bond acceptors (Lipinski definition) is 5. The van der Waals surface area contributed by atoms with Crippen LogP contribution in [0.1, 0.15) is 35.1 Å². The molecule has 154 valence electrons. The normalized spacial score (nSPS) is 13.6. The molecule has 3 rings (SSSR count). The number of anilines is 1. The van der Waals surface area contributed by atoms with Crippen molar-refractivity contribution in [1.82, 2.24) is 5.32 Å². The highest BCUT2D eigenvalue weighted by Gasteiger charge is 2.21. The van der Waals surface area contributed by atoms with E-state index < -0.39 is 5.97 Å². The summed E-state index contributed by atoms with van der Waals surface area (Å²) in [5.41, 5.74) is 5.29. The molecule has 29 heavy (non-hydrogen) atoms. The van der Waals surface area contributed by atoms with Crippen molar-refractivity contribution < 1.29 is 19.1 Å². The lowest BCUT2D eigenvalue weighted by Crippen LogP contribution is -2.23. The van der Waals surface area contributed by atoms with Crippen molar-refractivity contribution in [1.29, 1.82) is 0 Å². The molecule has 0 spiro atoms. The SMILES string of the molecule is COC(=O)COc1c(C)cc(CNCc2ccc(N3CCCC3=O)cc2)cc1C. The quantitative estimate of drug-likeness (QED) is 0.694. The van der Waals surface area contributed by atoms with Gasteiger partial charge in [-0.3, -0.25) is 4.79 Å². The molecule has 0 bridgehead atoms. The van der Waals surface area contributed by atoms with E-state index in [1.54, 1.807) is 0 Å². The predicted octanol–water partition coefficient (Wildman–Crippen LogP) is 3.27. The van der Waals surface area contributed by atoms with E-state index in [0.29, 0.717) is 6.42 Å². The third-order valence-corrected chi connectivity index (χ3v) is 5.06. The van der Waals surface area contributed by atoms with Crippen molar-refractivity contribution in [2.24, 2.45) is 0 Å². The van der Waals surface area contributed by atoms with E-state index in [9.17, 15) is 9.59 Å². The summed E-state index contributed by atoms with van der Waals surface area (Å²) in [7, 11) is 1.35. The van der Waals surface area contributed by atoms with Crippen molar-refractivity contribution >= 4 is 17.6 Å². The zero-order valence-corrected chi connectivity index (χ0v) is 17.3. The Bertz CT molecular complexity index is 854. The van der Waals surface area contributed by atoms with Crippen LogP contribution >= 0.6 is 0 Å². The first kappa shape index (κ1) is 20.9. The average Bonchev–Trinajstić information content (AvgIpc) is 3.13. The molecule has 0 atom stereocenters. The molecule has 1 saturated heterocycles. The van der Waals surface area contributed by atoms with Crippen molar-refractivity contribution in [3.63, 3.8) is 0 Å². The Morgan fingerprint density at radius 1 is 1.07 bits per heavy atom. The van der Waals surface area contributed by atoms with Gasteiger partial charge in [0.25, 0.3) is 0 Å². The fraction of sp³-hybridized carbons (Fsp3) is 0.391. The van der Waals surface area contributed by atoms with E-state index in [2.05, 4.69) is 34.3 Å². The maximum Gasteiger partial charge on any atom is 0.343 e. The molecule has 1 fully saturated rings. The monoisotopic (exact) mass is 396 g/mol. The van der Waals surface area contributed by atoms with Gasteiger partial charge in [0.1, 0.15) is 5.75 Å². The van der Waals surface area contributed by atoms with Gasteiger partial charge in [-0.2, -0.15) is 0 Å². The average molecular weight is 396 g/mol. The number of carbonyl (C=O) groups excluding carboxylic acids is 2. The van der Waals surface area contributed by atoms with Crippen LogP contribution in [0.3, 0.4) is 0 Å². The number of hydrogen-bond donors (Lipinski definition) is 1. The van der Waals surface area contributed by atoms with Gasteiger partial charge in [-0.25, -0.2) is 4.79 Å². The van der Waals surface area contributed by atoms with Crippen molar-refractivity contribution in [2.45, 2.75) is 39.8 Å². The van der Waals surface area contributed by atoms with Gasteiger partial charge < -0.3 is 19.7 Å². The van der Waals surface area contributed by atoms with Crippen molar-refractivity contribution in [2.75, 3.05) is 25.2 Å². The summed E-state index contributed by atoms with van der Waals surface area (Å²) in [6.45, 7) is 6.14. The lowest BCUT2D eigenvalue weighted by molar-refractivity contribution is -0.142. The molecule has 0 aliphatic carbocycles. The smallest absolute Gasteiger partial charge is 0.343 e. The maximum atomic E-state index is 11.8. The van der Waals surface area contributed by atoms with E-state index in [1.165, 1.54) is 12.7 Å². The number of ether oxygens (including phenoxy) is 2. The second-order valence-corrected chi connectivity index (χ2v) is 7.34. The van der Waals surface area contributed by atoms with Gasteiger partial charge in [0, 0.05) is 31.7 Å². The maximum absolute atomic E-state index is 11.8. The lowest BCUT2D eigenvalue weighted by atomic mass is 10.1. The standard InChI is InChI=1S/C23H28N2O4/c1-16-11-19(12-17(2)23(16)29-15-22(27)28-3)14-24-13-18-6-8-20(9-7-18)25-10-4-5-21(25)26/h6-9,11-12,24H,4-5,10,13-15H2,1-3H3. The Hall–Kier alpha value is -2.86. The van der Waals surface area contributed by atoms with E-state index in [4.69, 9.17) is 4.74 Å². The third-order valence-electron chi connectivity index (χ3n) is 5.06. The first-order chi connectivity index (χ1) is 14.0. The molecule has 0 radical (unpaired) electrons. The Balaban J connectivity index is 1.53. The summed E-state index contributed by atoms with van der Waals surface area (Å²) in [6.07, 6.45) is 1.59. The molecule has 1 N–H and O–H groups in total. The Morgan fingerprint density at radius 3 is 2.31 bits per heavy atom. The zero-order chi connectivity index (χ0) is 20.8. The van der Waals surface area contributed by atoms with E-state index in [0.717, 1.165) is 54.2 Å². The second-order valence-electron chi connectivity index (χ2n) is 7.34. The summed E-state index contributed by atoms with van der Waals surface area (Å²) < 4.78 is 10.2. The van der Waals surface area contributed by atoms with Crippen LogP contribution in [0.4, 0.5) is 5.69 Å². The number of rotatable bonds is 8. The molecule has 2 aromatic rings.